The Balaban J connectivity index is 2.12. The second-order valence-electron chi connectivity index (χ2n) is 4.75. The van der Waals surface area contributed by atoms with Crippen molar-refractivity contribution in [3.63, 3.8) is 0 Å². The highest BCUT2D eigenvalue weighted by Crippen LogP contribution is 2.27. The molecule has 1 saturated heterocycles. The quantitative estimate of drug-likeness (QED) is 0.565. The molecule has 0 aliphatic carbocycles. The van der Waals surface area contributed by atoms with Crippen LogP contribution in [-0.2, 0) is 9.47 Å². The lowest BCUT2D eigenvalue weighted by molar-refractivity contribution is -0.307. The Morgan fingerprint density at radius 1 is 1.14 bits per heavy atom. The predicted molar refractivity (Wildman–Crippen MR) is 69.6 cm³/mol. The van der Waals surface area contributed by atoms with Crippen LogP contribution in [0.15, 0.2) is 30.3 Å². The minimum Gasteiger partial charge on any atom is -0.394 e. The molecule has 4 N–H and O–H groups in total. The summed E-state index contributed by atoms with van der Waals surface area (Å²) in [6.07, 6.45) is -7.91. The van der Waals surface area contributed by atoms with E-state index < -0.39 is 43.4 Å². The molecule has 6 atom stereocenters. The Hall–Kier alpha value is -1.53. The van der Waals surface area contributed by atoms with Gasteiger partial charge in [-0.15, -0.1) is 0 Å². The fourth-order valence-electron chi connectivity index (χ4n) is 2.13. The fourth-order valence-corrected chi connectivity index (χ4v) is 2.13. The summed E-state index contributed by atoms with van der Waals surface area (Å²) in [4.78, 5) is 0. The molecule has 1 fully saturated rings. The van der Waals surface area contributed by atoms with E-state index in [9.17, 15) is 15.3 Å². The standard InChI is InChI=1S/C14H17NO6/c15-6-9(8-4-2-1-3-5-8)20-14-13(19)12(18)11(17)10(7-16)21-14/h1-5,9-14,16-19H,7H2/t9?,10-,11-,12-,13-,14+/m1/s1. The molecule has 0 spiro atoms. The molecule has 0 saturated carbocycles. The SMILES string of the molecule is N#CC(O[C@H]1O[C@H](CO)[C@@H](O)[C@@H](O)[C@H]1O)c1ccccc1. The third-order valence-corrected chi connectivity index (χ3v) is 3.34. The first-order chi connectivity index (χ1) is 10.1. The van der Waals surface area contributed by atoms with Gasteiger partial charge in [-0.1, -0.05) is 30.3 Å². The molecular formula is C14H17NO6. The molecule has 1 unspecified atom stereocenters. The molecule has 1 aliphatic heterocycles. The largest absolute Gasteiger partial charge is 0.394 e. The third kappa shape index (κ3) is 3.39. The van der Waals surface area contributed by atoms with Crippen molar-refractivity contribution in [2.24, 2.45) is 0 Å². The summed E-state index contributed by atoms with van der Waals surface area (Å²) in [5, 5.41) is 47.5. The van der Waals surface area contributed by atoms with Crippen LogP contribution in [0.1, 0.15) is 11.7 Å². The number of aliphatic hydroxyl groups is 4. The number of aliphatic hydroxyl groups excluding tert-OH is 4. The van der Waals surface area contributed by atoms with Crippen molar-refractivity contribution in [3.05, 3.63) is 35.9 Å². The van der Waals surface area contributed by atoms with Crippen LogP contribution in [-0.4, -0.2) is 57.7 Å². The van der Waals surface area contributed by atoms with Crippen molar-refractivity contribution in [3.8, 4) is 6.07 Å². The molecule has 0 radical (unpaired) electrons. The summed E-state index contributed by atoms with van der Waals surface area (Å²) in [5.41, 5.74) is 0.567. The summed E-state index contributed by atoms with van der Waals surface area (Å²) in [5.74, 6) is 0. The van der Waals surface area contributed by atoms with Crippen molar-refractivity contribution in [2.75, 3.05) is 6.61 Å². The van der Waals surface area contributed by atoms with Gasteiger partial charge in [0.15, 0.2) is 12.4 Å². The Labute approximate surface area is 121 Å². The van der Waals surface area contributed by atoms with E-state index in [0.717, 1.165) is 0 Å². The molecule has 1 aromatic rings. The highest BCUT2D eigenvalue weighted by Gasteiger charge is 2.44. The van der Waals surface area contributed by atoms with Crippen LogP contribution >= 0.6 is 0 Å². The number of hydrogen-bond acceptors (Lipinski definition) is 7. The van der Waals surface area contributed by atoms with Crippen LogP contribution in [0.2, 0.25) is 0 Å². The first kappa shape index (κ1) is 15.9. The molecule has 2 rings (SSSR count). The number of ether oxygens (including phenoxy) is 2. The van der Waals surface area contributed by atoms with E-state index in [1.54, 1.807) is 30.3 Å². The van der Waals surface area contributed by atoms with E-state index >= 15 is 0 Å². The van der Waals surface area contributed by atoms with Gasteiger partial charge < -0.3 is 29.9 Å². The first-order valence-electron chi connectivity index (χ1n) is 6.49. The highest BCUT2D eigenvalue weighted by molar-refractivity contribution is 5.22. The summed E-state index contributed by atoms with van der Waals surface area (Å²) < 4.78 is 10.6. The Morgan fingerprint density at radius 3 is 2.38 bits per heavy atom. The summed E-state index contributed by atoms with van der Waals surface area (Å²) in [7, 11) is 0. The molecule has 114 valence electrons. The maximum Gasteiger partial charge on any atom is 0.188 e. The Bertz CT molecular complexity index is 488. The van der Waals surface area contributed by atoms with Gasteiger partial charge in [0.1, 0.15) is 24.4 Å². The number of benzene rings is 1. The number of hydrogen-bond donors (Lipinski definition) is 4. The fraction of sp³-hybridized carbons (Fsp3) is 0.500. The number of nitriles is 1. The lowest BCUT2D eigenvalue weighted by Gasteiger charge is -2.40. The van der Waals surface area contributed by atoms with Gasteiger partial charge in [-0.2, -0.15) is 5.26 Å². The van der Waals surface area contributed by atoms with Crippen LogP contribution < -0.4 is 0 Å². The minimum absolute atomic E-state index is 0.548. The maximum absolute atomic E-state index is 9.86. The van der Waals surface area contributed by atoms with Gasteiger partial charge in [0.25, 0.3) is 0 Å². The summed E-state index contributed by atoms with van der Waals surface area (Å²) >= 11 is 0. The number of rotatable bonds is 4. The minimum atomic E-state index is -1.53. The lowest BCUT2D eigenvalue weighted by atomic mass is 9.99. The zero-order chi connectivity index (χ0) is 15.4. The Kier molecular flexibility index (Phi) is 5.25. The van der Waals surface area contributed by atoms with Crippen molar-refractivity contribution < 1.29 is 29.9 Å². The number of nitrogens with zero attached hydrogens (tertiary/aromatic N) is 1. The third-order valence-electron chi connectivity index (χ3n) is 3.34. The van der Waals surface area contributed by atoms with E-state index in [2.05, 4.69) is 0 Å². The molecule has 21 heavy (non-hydrogen) atoms. The lowest BCUT2D eigenvalue weighted by Crippen LogP contribution is -2.59. The highest BCUT2D eigenvalue weighted by atomic mass is 16.7. The van der Waals surface area contributed by atoms with E-state index in [4.69, 9.17) is 19.8 Å². The van der Waals surface area contributed by atoms with E-state index in [0.29, 0.717) is 5.56 Å². The van der Waals surface area contributed by atoms with E-state index in [1.807, 2.05) is 6.07 Å². The van der Waals surface area contributed by atoms with E-state index in [1.165, 1.54) is 0 Å². The molecule has 0 aromatic heterocycles. The topological polar surface area (TPSA) is 123 Å². The normalized spacial score (nSPS) is 34.1. The van der Waals surface area contributed by atoms with Crippen LogP contribution in [0.25, 0.3) is 0 Å². The van der Waals surface area contributed by atoms with Gasteiger partial charge in [-0.3, -0.25) is 0 Å². The van der Waals surface area contributed by atoms with Crippen molar-refractivity contribution in [1.29, 1.82) is 5.26 Å². The van der Waals surface area contributed by atoms with Gasteiger partial charge >= 0.3 is 0 Å². The monoisotopic (exact) mass is 295 g/mol. The van der Waals surface area contributed by atoms with Crippen molar-refractivity contribution >= 4 is 0 Å². The predicted octanol–water partition coefficient (Wildman–Crippen LogP) is -0.932. The molecule has 0 amide bonds. The van der Waals surface area contributed by atoms with Gasteiger partial charge in [-0.25, -0.2) is 0 Å². The molecule has 7 nitrogen and oxygen atoms in total. The van der Waals surface area contributed by atoms with Gasteiger partial charge in [-0.05, 0) is 5.56 Å². The van der Waals surface area contributed by atoms with Gasteiger partial charge in [0.05, 0.1) is 12.7 Å². The summed E-state index contributed by atoms with van der Waals surface area (Å²) in [6.45, 7) is -0.548. The zero-order valence-corrected chi connectivity index (χ0v) is 11.1. The second-order valence-corrected chi connectivity index (χ2v) is 4.75. The Morgan fingerprint density at radius 2 is 1.81 bits per heavy atom. The second kappa shape index (κ2) is 6.95. The molecule has 1 heterocycles. The van der Waals surface area contributed by atoms with Crippen LogP contribution in [0, 0.1) is 11.3 Å². The maximum atomic E-state index is 9.86. The van der Waals surface area contributed by atoms with Crippen LogP contribution in [0.5, 0.6) is 0 Å². The molecule has 0 bridgehead atoms. The average Bonchev–Trinajstić information content (AvgIpc) is 2.53. The van der Waals surface area contributed by atoms with Crippen LogP contribution in [0.3, 0.4) is 0 Å². The zero-order valence-electron chi connectivity index (χ0n) is 11.1. The summed E-state index contributed by atoms with van der Waals surface area (Å²) in [6, 6.07) is 10.5. The van der Waals surface area contributed by atoms with Crippen LogP contribution in [0.4, 0.5) is 0 Å². The van der Waals surface area contributed by atoms with Gasteiger partial charge in [0.2, 0.25) is 0 Å². The van der Waals surface area contributed by atoms with Gasteiger partial charge in [0, 0.05) is 0 Å². The molecule has 1 aliphatic rings. The first-order valence-corrected chi connectivity index (χ1v) is 6.49. The van der Waals surface area contributed by atoms with Crippen molar-refractivity contribution in [2.45, 2.75) is 36.8 Å². The van der Waals surface area contributed by atoms with E-state index in [-0.39, 0.29) is 0 Å². The van der Waals surface area contributed by atoms with Crippen molar-refractivity contribution in [1.82, 2.24) is 0 Å². The molecule has 1 aromatic carbocycles. The molecule has 7 heteroatoms. The average molecular weight is 295 g/mol. The molecular weight excluding hydrogens is 278 g/mol. The smallest absolute Gasteiger partial charge is 0.188 e.